The van der Waals surface area contributed by atoms with Crippen molar-refractivity contribution in [3.63, 3.8) is 0 Å². The Morgan fingerprint density at radius 3 is 2.57 bits per heavy atom. The van der Waals surface area contributed by atoms with Crippen LogP contribution in [0.25, 0.3) is 0 Å². The van der Waals surface area contributed by atoms with Gasteiger partial charge in [-0.25, -0.2) is 4.79 Å². The fraction of sp³-hybridized carbons (Fsp3) is 0.381. The Labute approximate surface area is 166 Å². The van der Waals surface area contributed by atoms with E-state index in [1.165, 1.54) is 12.5 Å². The SMILES string of the molecule is O=C(O)c1ccc(C2Nc3c(Cl)cc([N+](=O)[O-])cc3C3C4CCC(C4)C23)cc1. The Morgan fingerprint density at radius 2 is 1.89 bits per heavy atom. The molecule has 2 fully saturated rings. The summed E-state index contributed by atoms with van der Waals surface area (Å²) in [5, 5.41) is 24.4. The van der Waals surface area contributed by atoms with Gasteiger partial charge in [0.15, 0.2) is 0 Å². The molecule has 0 spiro atoms. The molecule has 0 aromatic heterocycles. The highest BCUT2D eigenvalue weighted by atomic mass is 35.5. The smallest absolute Gasteiger partial charge is 0.335 e. The molecule has 28 heavy (non-hydrogen) atoms. The van der Waals surface area contributed by atoms with Gasteiger partial charge in [-0.2, -0.15) is 0 Å². The Balaban J connectivity index is 1.62. The first-order valence-corrected chi connectivity index (χ1v) is 9.89. The van der Waals surface area contributed by atoms with Gasteiger partial charge in [0.1, 0.15) is 0 Å². The lowest BCUT2D eigenvalue weighted by atomic mass is 9.68. The fourth-order valence-electron chi connectivity index (χ4n) is 5.80. The van der Waals surface area contributed by atoms with Crippen LogP contribution in [0.15, 0.2) is 36.4 Å². The highest BCUT2D eigenvalue weighted by Crippen LogP contribution is 2.64. The van der Waals surface area contributed by atoms with Crippen LogP contribution in [0.4, 0.5) is 11.4 Å². The van der Waals surface area contributed by atoms with Gasteiger partial charge >= 0.3 is 5.97 Å². The molecular weight excluding hydrogens is 380 g/mol. The molecule has 0 amide bonds. The van der Waals surface area contributed by atoms with Crippen LogP contribution in [0.1, 0.15) is 52.7 Å². The van der Waals surface area contributed by atoms with Crippen molar-refractivity contribution in [2.45, 2.75) is 31.2 Å². The average Bonchev–Trinajstić information content (AvgIpc) is 3.30. The Bertz CT molecular complexity index is 991. The van der Waals surface area contributed by atoms with Crippen molar-refractivity contribution in [1.82, 2.24) is 0 Å². The van der Waals surface area contributed by atoms with Crippen molar-refractivity contribution in [2.24, 2.45) is 17.8 Å². The van der Waals surface area contributed by atoms with Crippen LogP contribution < -0.4 is 5.32 Å². The lowest BCUT2D eigenvalue weighted by Gasteiger charge is -2.43. The summed E-state index contributed by atoms with van der Waals surface area (Å²) < 4.78 is 0. The molecule has 7 heteroatoms. The van der Waals surface area contributed by atoms with E-state index in [-0.39, 0.29) is 28.1 Å². The number of fused-ring (bicyclic) bond motifs is 7. The lowest BCUT2D eigenvalue weighted by molar-refractivity contribution is -0.384. The largest absolute Gasteiger partial charge is 0.478 e. The number of nitrogens with zero attached hydrogens (tertiary/aromatic N) is 1. The van der Waals surface area contributed by atoms with Crippen LogP contribution in [0.2, 0.25) is 5.02 Å². The second-order valence-electron chi connectivity index (χ2n) is 8.13. The van der Waals surface area contributed by atoms with E-state index in [0.717, 1.165) is 29.7 Å². The van der Waals surface area contributed by atoms with Crippen molar-refractivity contribution in [2.75, 3.05) is 5.32 Å². The molecule has 5 unspecified atom stereocenters. The van der Waals surface area contributed by atoms with Crippen molar-refractivity contribution in [1.29, 1.82) is 0 Å². The third-order valence-corrected chi connectivity index (χ3v) is 7.16. The normalized spacial score (nSPS) is 29.7. The van der Waals surface area contributed by atoms with Crippen molar-refractivity contribution < 1.29 is 14.8 Å². The number of nitrogens with one attached hydrogen (secondary N) is 1. The predicted octanol–water partition coefficient (Wildman–Crippen LogP) is 5.24. The zero-order chi connectivity index (χ0) is 19.6. The summed E-state index contributed by atoms with van der Waals surface area (Å²) in [6.07, 6.45) is 3.46. The van der Waals surface area contributed by atoms with Gasteiger partial charge < -0.3 is 10.4 Å². The van der Waals surface area contributed by atoms with E-state index in [0.29, 0.717) is 22.8 Å². The number of benzene rings is 2. The maximum atomic E-state index is 11.3. The first-order chi connectivity index (χ1) is 13.4. The minimum atomic E-state index is -0.943. The number of carbonyl (C=O) groups is 1. The topological polar surface area (TPSA) is 92.5 Å². The number of hydrogen-bond acceptors (Lipinski definition) is 4. The monoisotopic (exact) mass is 398 g/mol. The third kappa shape index (κ3) is 2.51. The Morgan fingerprint density at radius 1 is 1.18 bits per heavy atom. The molecule has 2 N–H and O–H groups in total. The summed E-state index contributed by atoms with van der Waals surface area (Å²) in [5.74, 6) is 0.728. The summed E-state index contributed by atoms with van der Waals surface area (Å²) in [5.41, 5.74) is 3.09. The molecule has 2 bridgehead atoms. The summed E-state index contributed by atoms with van der Waals surface area (Å²) in [4.78, 5) is 22.1. The van der Waals surface area contributed by atoms with Gasteiger partial charge in [0.05, 0.1) is 27.2 Å². The molecule has 2 aromatic carbocycles. The molecule has 1 aliphatic heterocycles. The molecule has 0 radical (unpaired) electrons. The minimum absolute atomic E-state index is 0.0228. The van der Waals surface area contributed by atoms with E-state index in [2.05, 4.69) is 5.32 Å². The van der Waals surface area contributed by atoms with Crippen LogP contribution in [0.3, 0.4) is 0 Å². The summed E-state index contributed by atoms with van der Waals surface area (Å²) in [7, 11) is 0. The molecule has 6 nitrogen and oxygen atoms in total. The van der Waals surface area contributed by atoms with Gasteiger partial charge in [-0.05, 0) is 66.2 Å². The van der Waals surface area contributed by atoms with E-state index < -0.39 is 5.97 Å². The maximum absolute atomic E-state index is 11.3. The molecular formula is C21H19ClN2O4. The number of aromatic carboxylic acids is 1. The minimum Gasteiger partial charge on any atom is -0.478 e. The molecule has 1 heterocycles. The molecule has 3 aliphatic rings. The zero-order valence-electron chi connectivity index (χ0n) is 15.0. The Hall–Kier alpha value is -2.60. The van der Waals surface area contributed by atoms with Gasteiger partial charge in [0.2, 0.25) is 0 Å². The van der Waals surface area contributed by atoms with Gasteiger partial charge in [-0.15, -0.1) is 0 Å². The molecule has 2 aliphatic carbocycles. The number of anilines is 1. The van der Waals surface area contributed by atoms with E-state index in [4.69, 9.17) is 11.6 Å². The summed E-state index contributed by atoms with van der Waals surface area (Å²) >= 11 is 6.46. The van der Waals surface area contributed by atoms with E-state index in [9.17, 15) is 20.0 Å². The van der Waals surface area contributed by atoms with Gasteiger partial charge in [0, 0.05) is 12.1 Å². The number of hydrogen-bond donors (Lipinski definition) is 2. The standard InChI is InChI=1S/C21H19ClN2O4/c22-16-9-14(24(27)28)8-15-17-12-5-6-13(7-12)18(17)19(23-20(15)16)10-1-3-11(4-2-10)21(25)26/h1-4,8-9,12-13,17-19,23H,5-7H2,(H,25,26). The highest BCUT2D eigenvalue weighted by molar-refractivity contribution is 6.33. The molecule has 5 atom stereocenters. The second kappa shape index (κ2) is 6.21. The van der Waals surface area contributed by atoms with E-state index in [1.54, 1.807) is 18.2 Å². The van der Waals surface area contributed by atoms with E-state index in [1.807, 2.05) is 12.1 Å². The Kier molecular flexibility index (Phi) is 3.88. The number of halogens is 1. The number of non-ortho nitro benzene ring substituents is 1. The van der Waals surface area contributed by atoms with Crippen molar-refractivity contribution in [3.05, 3.63) is 68.2 Å². The molecule has 2 saturated carbocycles. The first kappa shape index (κ1) is 17.5. The number of carboxylic acids is 1. The van der Waals surface area contributed by atoms with Crippen molar-refractivity contribution >= 4 is 28.9 Å². The fourth-order valence-corrected chi connectivity index (χ4v) is 6.08. The molecule has 0 saturated heterocycles. The summed E-state index contributed by atoms with van der Waals surface area (Å²) in [6, 6.07) is 10.1. The van der Waals surface area contributed by atoms with E-state index >= 15 is 0 Å². The third-order valence-electron chi connectivity index (χ3n) is 6.86. The number of nitro groups is 1. The highest BCUT2D eigenvalue weighted by Gasteiger charge is 2.54. The quantitative estimate of drug-likeness (QED) is 0.544. The van der Waals surface area contributed by atoms with Gasteiger partial charge in [-0.1, -0.05) is 23.7 Å². The van der Waals surface area contributed by atoms with Crippen molar-refractivity contribution in [3.8, 4) is 0 Å². The maximum Gasteiger partial charge on any atom is 0.335 e. The van der Waals surface area contributed by atoms with Gasteiger partial charge in [-0.3, -0.25) is 10.1 Å². The van der Waals surface area contributed by atoms with Crippen LogP contribution in [0, 0.1) is 27.9 Å². The lowest BCUT2D eigenvalue weighted by Crippen LogP contribution is -2.35. The van der Waals surface area contributed by atoms with Gasteiger partial charge in [0.25, 0.3) is 5.69 Å². The van der Waals surface area contributed by atoms with Crippen LogP contribution in [-0.2, 0) is 0 Å². The molecule has 2 aromatic rings. The zero-order valence-corrected chi connectivity index (χ0v) is 15.7. The number of rotatable bonds is 3. The van der Waals surface area contributed by atoms with Crippen LogP contribution in [-0.4, -0.2) is 16.0 Å². The first-order valence-electron chi connectivity index (χ1n) is 9.51. The second-order valence-corrected chi connectivity index (χ2v) is 8.54. The predicted molar refractivity (Wildman–Crippen MR) is 105 cm³/mol. The molecule has 5 rings (SSSR count). The van der Waals surface area contributed by atoms with Crippen LogP contribution in [0.5, 0.6) is 0 Å². The molecule has 144 valence electrons. The van der Waals surface area contributed by atoms with Crippen LogP contribution >= 0.6 is 11.6 Å². The number of nitro benzene ring substituents is 1. The summed E-state index contributed by atoms with van der Waals surface area (Å²) in [6.45, 7) is 0. The number of carboxylic acid groups (broad SMARTS) is 1. The average molecular weight is 399 g/mol.